The third-order valence-corrected chi connectivity index (χ3v) is 2.77. The first-order valence-electron chi connectivity index (χ1n) is 5.21. The van der Waals surface area contributed by atoms with Gasteiger partial charge in [-0.05, 0) is 25.3 Å². The van der Waals surface area contributed by atoms with Crippen molar-refractivity contribution in [2.24, 2.45) is 5.73 Å². The molecule has 2 heteroatoms. The molecule has 1 fully saturated rings. The van der Waals surface area contributed by atoms with Gasteiger partial charge in [0, 0.05) is 12.6 Å². The largest absolute Gasteiger partial charge is 0.372 e. The molecule has 1 heterocycles. The van der Waals surface area contributed by atoms with Crippen LogP contribution in [0.2, 0.25) is 0 Å². The van der Waals surface area contributed by atoms with E-state index in [2.05, 4.69) is 31.2 Å². The zero-order chi connectivity index (χ0) is 9.97. The normalized spacial score (nSPS) is 27.6. The third kappa shape index (κ3) is 1.97. The smallest absolute Gasteiger partial charge is 0.0975 e. The van der Waals surface area contributed by atoms with Gasteiger partial charge in [0.25, 0.3) is 0 Å². The molecule has 0 saturated carbocycles. The molecule has 1 aliphatic rings. The Morgan fingerprint density at radius 1 is 1.29 bits per heavy atom. The number of nitrogens with two attached hydrogens (primary N) is 1. The zero-order valence-corrected chi connectivity index (χ0v) is 8.57. The lowest BCUT2D eigenvalue weighted by molar-refractivity contribution is 0.000142. The first-order chi connectivity index (χ1) is 6.77. The zero-order valence-electron chi connectivity index (χ0n) is 8.57. The van der Waals surface area contributed by atoms with Crippen LogP contribution in [-0.2, 0) is 4.74 Å². The average molecular weight is 191 g/mol. The topological polar surface area (TPSA) is 35.2 Å². The molecule has 0 radical (unpaired) electrons. The lowest BCUT2D eigenvalue weighted by atomic mass is 9.96. The molecule has 0 aliphatic carbocycles. The van der Waals surface area contributed by atoms with Crippen LogP contribution in [0.15, 0.2) is 24.3 Å². The summed E-state index contributed by atoms with van der Waals surface area (Å²) in [7, 11) is 0. The summed E-state index contributed by atoms with van der Waals surface area (Å²) in [6.07, 6.45) is 2.26. The summed E-state index contributed by atoms with van der Waals surface area (Å²) in [6, 6.07) is 8.61. The second-order valence-electron chi connectivity index (χ2n) is 4.01. The minimum atomic E-state index is 0.101. The Morgan fingerprint density at radius 2 is 2.00 bits per heavy atom. The van der Waals surface area contributed by atoms with Crippen LogP contribution in [0, 0.1) is 6.92 Å². The molecule has 76 valence electrons. The predicted molar refractivity (Wildman–Crippen MR) is 57.1 cm³/mol. The third-order valence-electron chi connectivity index (χ3n) is 2.77. The number of aryl methyl sites for hydroxylation is 1. The second-order valence-corrected chi connectivity index (χ2v) is 4.01. The molecular formula is C12H17NO. The first-order valence-corrected chi connectivity index (χ1v) is 5.21. The highest BCUT2D eigenvalue weighted by atomic mass is 16.5. The lowest BCUT2D eigenvalue weighted by Gasteiger charge is -2.29. The van der Waals surface area contributed by atoms with Gasteiger partial charge in [-0.3, -0.25) is 0 Å². The van der Waals surface area contributed by atoms with Gasteiger partial charge in [-0.15, -0.1) is 0 Å². The van der Waals surface area contributed by atoms with Gasteiger partial charge in [0.05, 0.1) is 6.10 Å². The molecule has 0 spiro atoms. The molecular weight excluding hydrogens is 174 g/mol. The van der Waals surface area contributed by atoms with Gasteiger partial charge in [-0.1, -0.05) is 29.8 Å². The van der Waals surface area contributed by atoms with Crippen molar-refractivity contribution < 1.29 is 4.74 Å². The van der Waals surface area contributed by atoms with Crippen molar-refractivity contribution in [3.8, 4) is 0 Å². The molecule has 1 aromatic carbocycles. The number of rotatable bonds is 1. The Kier molecular flexibility index (Phi) is 2.85. The quantitative estimate of drug-likeness (QED) is 0.738. The molecule has 2 atom stereocenters. The van der Waals surface area contributed by atoms with Crippen molar-refractivity contribution in [2.45, 2.75) is 31.9 Å². The van der Waals surface area contributed by atoms with Crippen molar-refractivity contribution in [1.82, 2.24) is 0 Å². The molecule has 2 nitrogen and oxygen atoms in total. The molecule has 2 N–H and O–H groups in total. The molecule has 14 heavy (non-hydrogen) atoms. The second kappa shape index (κ2) is 4.11. The first kappa shape index (κ1) is 9.69. The van der Waals surface area contributed by atoms with Crippen LogP contribution in [0.1, 0.15) is 30.1 Å². The fourth-order valence-electron chi connectivity index (χ4n) is 1.90. The molecule has 1 saturated heterocycles. The van der Waals surface area contributed by atoms with Crippen LogP contribution in [0.4, 0.5) is 0 Å². The van der Waals surface area contributed by atoms with Gasteiger partial charge >= 0.3 is 0 Å². The van der Waals surface area contributed by atoms with Crippen LogP contribution >= 0.6 is 0 Å². The Morgan fingerprint density at radius 3 is 2.64 bits per heavy atom. The summed E-state index contributed by atoms with van der Waals surface area (Å²) in [5, 5.41) is 0. The molecule has 0 aromatic heterocycles. The average Bonchev–Trinajstić information content (AvgIpc) is 2.20. The van der Waals surface area contributed by atoms with E-state index in [0.29, 0.717) is 0 Å². The van der Waals surface area contributed by atoms with Crippen molar-refractivity contribution in [1.29, 1.82) is 0 Å². The van der Waals surface area contributed by atoms with Crippen molar-refractivity contribution in [3.05, 3.63) is 35.4 Å². The van der Waals surface area contributed by atoms with E-state index in [4.69, 9.17) is 10.5 Å². The van der Waals surface area contributed by atoms with Crippen molar-refractivity contribution in [2.75, 3.05) is 6.61 Å². The summed E-state index contributed by atoms with van der Waals surface area (Å²) in [5.74, 6) is 0. The standard InChI is InChI=1S/C12H17NO/c1-9-4-6-10(7-5-9)12-11(13)3-2-8-14-12/h4-7,11-12H,2-3,8,13H2,1H3/t11-,12-/m1/s1. The summed E-state index contributed by atoms with van der Waals surface area (Å²) in [5.41, 5.74) is 8.51. The maximum atomic E-state index is 6.02. The van der Waals surface area contributed by atoms with E-state index in [1.165, 1.54) is 11.1 Å². The summed E-state index contributed by atoms with van der Waals surface area (Å²) >= 11 is 0. The van der Waals surface area contributed by atoms with E-state index in [0.717, 1.165) is 19.4 Å². The lowest BCUT2D eigenvalue weighted by Crippen LogP contribution is -2.34. The minimum absolute atomic E-state index is 0.101. The van der Waals surface area contributed by atoms with Crippen LogP contribution in [-0.4, -0.2) is 12.6 Å². The highest BCUT2D eigenvalue weighted by molar-refractivity contribution is 5.24. The Balaban J connectivity index is 2.16. The molecule has 2 rings (SSSR count). The van der Waals surface area contributed by atoms with E-state index in [1.54, 1.807) is 0 Å². The van der Waals surface area contributed by atoms with Crippen molar-refractivity contribution in [3.63, 3.8) is 0 Å². The van der Waals surface area contributed by atoms with E-state index >= 15 is 0 Å². The minimum Gasteiger partial charge on any atom is -0.372 e. The molecule has 1 aliphatic heterocycles. The van der Waals surface area contributed by atoms with Gasteiger partial charge < -0.3 is 10.5 Å². The Labute approximate surface area is 85.1 Å². The van der Waals surface area contributed by atoms with Gasteiger partial charge in [0.1, 0.15) is 0 Å². The summed E-state index contributed by atoms with van der Waals surface area (Å²) in [4.78, 5) is 0. The number of hydrogen-bond donors (Lipinski definition) is 1. The highest BCUT2D eigenvalue weighted by Crippen LogP contribution is 2.26. The number of benzene rings is 1. The van der Waals surface area contributed by atoms with E-state index in [-0.39, 0.29) is 12.1 Å². The fraction of sp³-hybridized carbons (Fsp3) is 0.500. The maximum Gasteiger partial charge on any atom is 0.0975 e. The summed E-state index contributed by atoms with van der Waals surface area (Å²) < 4.78 is 5.69. The molecule has 0 amide bonds. The monoisotopic (exact) mass is 191 g/mol. The van der Waals surface area contributed by atoms with Crippen LogP contribution in [0.5, 0.6) is 0 Å². The van der Waals surface area contributed by atoms with E-state index in [1.807, 2.05) is 0 Å². The fourth-order valence-corrected chi connectivity index (χ4v) is 1.90. The highest BCUT2D eigenvalue weighted by Gasteiger charge is 2.23. The predicted octanol–water partition coefficient (Wildman–Crippen LogP) is 2.17. The maximum absolute atomic E-state index is 6.02. The van der Waals surface area contributed by atoms with Gasteiger partial charge in [-0.25, -0.2) is 0 Å². The molecule has 0 unspecified atom stereocenters. The number of hydrogen-bond acceptors (Lipinski definition) is 2. The van der Waals surface area contributed by atoms with E-state index in [9.17, 15) is 0 Å². The van der Waals surface area contributed by atoms with Crippen LogP contribution in [0.3, 0.4) is 0 Å². The Hall–Kier alpha value is -0.860. The van der Waals surface area contributed by atoms with Gasteiger partial charge in [0.2, 0.25) is 0 Å². The molecule has 0 bridgehead atoms. The van der Waals surface area contributed by atoms with Gasteiger partial charge in [-0.2, -0.15) is 0 Å². The molecule has 1 aromatic rings. The van der Waals surface area contributed by atoms with Crippen LogP contribution < -0.4 is 5.73 Å². The van der Waals surface area contributed by atoms with Crippen LogP contribution in [0.25, 0.3) is 0 Å². The Bertz CT molecular complexity index is 294. The van der Waals surface area contributed by atoms with E-state index < -0.39 is 0 Å². The SMILES string of the molecule is Cc1ccc([C@H]2OCCC[C@H]2N)cc1. The van der Waals surface area contributed by atoms with Crippen molar-refractivity contribution >= 4 is 0 Å². The number of ether oxygens (including phenoxy) is 1. The summed E-state index contributed by atoms with van der Waals surface area (Å²) in [6.45, 7) is 2.93. The van der Waals surface area contributed by atoms with Gasteiger partial charge in [0.15, 0.2) is 0 Å².